The summed E-state index contributed by atoms with van der Waals surface area (Å²) >= 11 is 12.6. The van der Waals surface area contributed by atoms with Crippen LogP contribution in [-0.2, 0) is 0 Å². The van der Waals surface area contributed by atoms with E-state index in [0.29, 0.717) is 34.0 Å². The van der Waals surface area contributed by atoms with E-state index in [-0.39, 0.29) is 18.3 Å². The van der Waals surface area contributed by atoms with Gasteiger partial charge >= 0.3 is 0 Å². The van der Waals surface area contributed by atoms with Crippen LogP contribution in [0.1, 0.15) is 54.4 Å². The fourth-order valence-electron chi connectivity index (χ4n) is 4.67. The van der Waals surface area contributed by atoms with E-state index >= 15 is 0 Å². The number of halogens is 3. The molecule has 3 aromatic rings. The molecule has 0 bridgehead atoms. The third kappa shape index (κ3) is 7.69. The zero-order chi connectivity index (χ0) is 24.6. The molecule has 1 fully saturated rings. The van der Waals surface area contributed by atoms with Crippen LogP contribution in [0.5, 0.6) is 0 Å². The number of nitrogens with zero attached hydrogens (tertiary/aromatic N) is 2. The molecule has 0 radical (unpaired) electrons. The minimum atomic E-state index is -0.0257. The Hall–Kier alpha value is -2.11. The van der Waals surface area contributed by atoms with Crippen molar-refractivity contribution in [2.75, 3.05) is 26.2 Å². The van der Waals surface area contributed by atoms with Gasteiger partial charge in [0.25, 0.3) is 5.91 Å². The number of rotatable bonds is 12. The number of pyridine rings is 1. The first-order valence-corrected chi connectivity index (χ1v) is 13.3. The summed E-state index contributed by atoms with van der Waals surface area (Å²) < 4.78 is 0. The largest absolute Gasteiger partial charge is 0.352 e. The quantitative estimate of drug-likeness (QED) is 0.239. The van der Waals surface area contributed by atoms with Crippen LogP contribution in [0.3, 0.4) is 0 Å². The molecule has 1 aliphatic carbocycles. The molecular formula is C29H34Cl3N3O. The van der Waals surface area contributed by atoms with Gasteiger partial charge in [-0.1, -0.05) is 60.5 Å². The highest BCUT2D eigenvalue weighted by Crippen LogP contribution is 2.50. The molecule has 7 heteroatoms. The molecule has 1 N–H and O–H groups in total. The number of benzene rings is 2. The molecule has 0 spiro atoms. The lowest BCUT2D eigenvalue weighted by atomic mass is 10.1. The summed E-state index contributed by atoms with van der Waals surface area (Å²) in [5.41, 5.74) is 3.78. The molecule has 0 aliphatic heterocycles. The number of carbonyl (C=O) groups excluding carboxylic acids is 1. The van der Waals surface area contributed by atoms with E-state index in [1.54, 1.807) is 6.20 Å². The highest BCUT2D eigenvalue weighted by atomic mass is 35.5. The maximum absolute atomic E-state index is 12.5. The lowest BCUT2D eigenvalue weighted by molar-refractivity contribution is 0.0952. The van der Waals surface area contributed by atoms with Crippen LogP contribution in [0.2, 0.25) is 10.0 Å². The topological polar surface area (TPSA) is 45.2 Å². The molecule has 0 unspecified atom stereocenters. The maximum Gasteiger partial charge on any atom is 0.251 e. The Labute approximate surface area is 230 Å². The molecule has 2 atom stereocenters. The van der Waals surface area contributed by atoms with Gasteiger partial charge in [0.1, 0.15) is 0 Å². The number of hydrogen-bond donors (Lipinski definition) is 1. The zero-order valence-electron chi connectivity index (χ0n) is 20.6. The van der Waals surface area contributed by atoms with E-state index in [0.717, 1.165) is 50.2 Å². The van der Waals surface area contributed by atoms with Gasteiger partial charge in [-0.25, -0.2) is 0 Å². The van der Waals surface area contributed by atoms with Gasteiger partial charge in [0.15, 0.2) is 0 Å². The van der Waals surface area contributed by atoms with E-state index in [4.69, 9.17) is 23.2 Å². The second-order valence-electron chi connectivity index (χ2n) is 9.30. The van der Waals surface area contributed by atoms with Crippen LogP contribution in [0.25, 0.3) is 11.3 Å². The average Bonchev–Trinajstić information content (AvgIpc) is 3.64. The Balaban J connectivity index is 0.00000361. The summed E-state index contributed by atoms with van der Waals surface area (Å²) in [4.78, 5) is 19.4. The van der Waals surface area contributed by atoms with Gasteiger partial charge in [0, 0.05) is 30.4 Å². The number of amides is 1. The molecule has 4 rings (SSSR count). The van der Waals surface area contributed by atoms with Gasteiger partial charge in [0.2, 0.25) is 0 Å². The van der Waals surface area contributed by atoms with Crippen LogP contribution in [0.15, 0.2) is 66.9 Å². The van der Waals surface area contributed by atoms with Gasteiger partial charge in [-0.05, 0) is 86.5 Å². The Morgan fingerprint density at radius 1 is 1.03 bits per heavy atom. The van der Waals surface area contributed by atoms with Gasteiger partial charge in [-0.15, -0.1) is 12.4 Å². The highest BCUT2D eigenvalue weighted by molar-refractivity contribution is 6.42. The lowest BCUT2D eigenvalue weighted by Crippen LogP contribution is -2.29. The van der Waals surface area contributed by atoms with E-state index in [1.165, 1.54) is 12.0 Å². The molecule has 4 nitrogen and oxygen atoms in total. The third-order valence-corrected chi connectivity index (χ3v) is 7.46. The second kappa shape index (κ2) is 14.0. The number of nitrogens with one attached hydrogen (secondary N) is 1. The molecule has 192 valence electrons. The number of hydrogen-bond acceptors (Lipinski definition) is 3. The Kier molecular flexibility index (Phi) is 11.1. The molecule has 1 saturated carbocycles. The number of unbranched alkanes of at least 4 members (excludes halogenated alkanes) is 1. The second-order valence-corrected chi connectivity index (χ2v) is 10.1. The summed E-state index contributed by atoms with van der Waals surface area (Å²) in [5.74, 6) is 1.14. The van der Waals surface area contributed by atoms with Crippen molar-refractivity contribution in [2.45, 2.75) is 38.5 Å². The van der Waals surface area contributed by atoms with E-state index < -0.39 is 0 Å². The van der Waals surface area contributed by atoms with Crippen LogP contribution < -0.4 is 5.32 Å². The van der Waals surface area contributed by atoms with Gasteiger partial charge in [-0.3, -0.25) is 9.78 Å². The minimum absolute atomic E-state index is 0. The molecule has 0 saturated heterocycles. The van der Waals surface area contributed by atoms with Crippen LogP contribution >= 0.6 is 35.6 Å². The summed E-state index contributed by atoms with van der Waals surface area (Å²) in [6, 6.07) is 19.4. The Morgan fingerprint density at radius 2 is 1.83 bits per heavy atom. The van der Waals surface area contributed by atoms with Crippen molar-refractivity contribution in [3.05, 3.63) is 88.0 Å². The van der Waals surface area contributed by atoms with Gasteiger partial charge in [-0.2, -0.15) is 0 Å². The zero-order valence-corrected chi connectivity index (χ0v) is 23.0. The van der Waals surface area contributed by atoms with Crippen molar-refractivity contribution in [1.82, 2.24) is 15.2 Å². The molecule has 1 aliphatic rings. The highest BCUT2D eigenvalue weighted by Gasteiger charge is 2.40. The van der Waals surface area contributed by atoms with E-state index in [2.05, 4.69) is 28.2 Å². The average molecular weight is 547 g/mol. The summed E-state index contributed by atoms with van der Waals surface area (Å²) in [6.07, 6.45) is 6.12. The number of aromatic nitrogens is 1. The van der Waals surface area contributed by atoms with Crippen molar-refractivity contribution >= 4 is 41.5 Å². The molecule has 36 heavy (non-hydrogen) atoms. The fraction of sp³-hybridized carbons (Fsp3) is 0.379. The van der Waals surface area contributed by atoms with Gasteiger partial charge in [0.05, 0.1) is 15.7 Å². The van der Waals surface area contributed by atoms with Gasteiger partial charge < -0.3 is 10.2 Å². The Bertz CT molecular complexity index is 1110. The predicted molar refractivity (Wildman–Crippen MR) is 153 cm³/mol. The molecule has 2 aromatic carbocycles. The van der Waals surface area contributed by atoms with Crippen molar-refractivity contribution in [1.29, 1.82) is 0 Å². The first kappa shape index (κ1) is 28.5. The SMILES string of the molecule is CCCN(CCCCNC(=O)c1ccc(-c2ccccn2)cc1)C[C@@H]1C[C@H]1c1cccc(Cl)c1Cl.Cl. The lowest BCUT2D eigenvalue weighted by Gasteiger charge is -2.22. The minimum Gasteiger partial charge on any atom is -0.352 e. The molecule has 1 aromatic heterocycles. The van der Waals surface area contributed by atoms with Crippen molar-refractivity contribution < 1.29 is 4.79 Å². The normalized spacial score (nSPS) is 16.4. The summed E-state index contributed by atoms with van der Waals surface area (Å²) in [5, 5.41) is 4.42. The molecular weight excluding hydrogens is 513 g/mol. The smallest absolute Gasteiger partial charge is 0.251 e. The fourth-order valence-corrected chi connectivity index (χ4v) is 5.12. The van der Waals surface area contributed by atoms with Crippen molar-refractivity contribution in [2.24, 2.45) is 5.92 Å². The predicted octanol–water partition coefficient (Wildman–Crippen LogP) is 7.50. The standard InChI is InChI=1S/C29H33Cl2N3O.ClH/c1-2-17-34(20-23-19-25(23)24-8-7-9-26(30)28(24)31)18-6-5-16-33-29(35)22-13-11-21(12-14-22)27-10-3-4-15-32-27;/h3-4,7-15,23,25H,2,5-6,16-20H2,1H3,(H,33,35);1H/t23-,25+;/m0./s1. The monoisotopic (exact) mass is 545 g/mol. The van der Waals surface area contributed by atoms with Crippen molar-refractivity contribution in [3.8, 4) is 11.3 Å². The first-order chi connectivity index (χ1) is 17.1. The number of carbonyl (C=O) groups is 1. The summed E-state index contributed by atoms with van der Waals surface area (Å²) in [6.45, 7) is 6.16. The Morgan fingerprint density at radius 3 is 2.56 bits per heavy atom. The molecule has 1 amide bonds. The van der Waals surface area contributed by atoms with Crippen LogP contribution in [0, 0.1) is 5.92 Å². The maximum atomic E-state index is 12.5. The van der Waals surface area contributed by atoms with E-state index in [1.807, 2.05) is 54.6 Å². The summed E-state index contributed by atoms with van der Waals surface area (Å²) in [7, 11) is 0. The molecule has 1 heterocycles. The van der Waals surface area contributed by atoms with E-state index in [9.17, 15) is 4.79 Å². The van der Waals surface area contributed by atoms with Crippen LogP contribution in [-0.4, -0.2) is 42.0 Å². The van der Waals surface area contributed by atoms with Crippen molar-refractivity contribution in [3.63, 3.8) is 0 Å². The van der Waals surface area contributed by atoms with Crippen LogP contribution in [0.4, 0.5) is 0 Å². The first-order valence-electron chi connectivity index (χ1n) is 12.5. The third-order valence-electron chi connectivity index (χ3n) is 6.63.